The van der Waals surface area contributed by atoms with Gasteiger partial charge in [0.25, 0.3) is 0 Å². The van der Waals surface area contributed by atoms with Crippen molar-refractivity contribution in [2.45, 2.75) is 33.1 Å². The Morgan fingerprint density at radius 3 is 2.42 bits per heavy atom. The van der Waals surface area contributed by atoms with Crippen LogP contribution in [0.3, 0.4) is 0 Å². The summed E-state index contributed by atoms with van der Waals surface area (Å²) >= 11 is 5.82. The number of halogens is 1. The molecule has 0 fully saturated rings. The number of rotatable bonds is 6. The van der Waals surface area contributed by atoms with E-state index in [2.05, 4.69) is 5.32 Å². The molecule has 0 bridgehead atoms. The lowest BCUT2D eigenvalue weighted by Gasteiger charge is -2.25. The smallest absolute Gasteiger partial charge is 0.310 e. The summed E-state index contributed by atoms with van der Waals surface area (Å²) in [6.45, 7) is 3.56. The molecule has 0 unspecified atom stereocenters. The van der Waals surface area contributed by atoms with Crippen molar-refractivity contribution < 1.29 is 14.7 Å². The molecule has 5 heteroatoms. The summed E-state index contributed by atoms with van der Waals surface area (Å²) < 4.78 is 0. The molecule has 19 heavy (non-hydrogen) atoms. The molecule has 0 heterocycles. The Morgan fingerprint density at radius 1 is 1.32 bits per heavy atom. The normalized spacial score (nSPS) is 11.1. The maximum atomic E-state index is 11.9. The first kappa shape index (κ1) is 15.5. The first-order valence-corrected chi connectivity index (χ1v) is 6.60. The molecule has 0 aliphatic rings. The molecule has 0 saturated heterocycles. The van der Waals surface area contributed by atoms with E-state index in [1.165, 1.54) is 0 Å². The molecule has 0 spiro atoms. The molecular formula is C14H18ClNO3. The minimum absolute atomic E-state index is 0.0398. The van der Waals surface area contributed by atoms with Crippen LogP contribution in [0.1, 0.15) is 33.1 Å². The van der Waals surface area contributed by atoms with Crippen molar-refractivity contribution in [3.8, 4) is 0 Å². The molecule has 2 N–H and O–H groups in total. The lowest BCUT2D eigenvalue weighted by molar-refractivity contribution is -0.151. The van der Waals surface area contributed by atoms with Gasteiger partial charge >= 0.3 is 5.97 Å². The molecule has 1 amide bonds. The van der Waals surface area contributed by atoms with E-state index in [0.29, 0.717) is 23.6 Å². The Morgan fingerprint density at radius 2 is 1.95 bits per heavy atom. The van der Waals surface area contributed by atoms with Crippen molar-refractivity contribution in [1.29, 1.82) is 0 Å². The van der Waals surface area contributed by atoms with Crippen LogP contribution in [0.15, 0.2) is 24.3 Å². The number of carbonyl (C=O) groups is 2. The Hall–Kier alpha value is -1.55. The summed E-state index contributed by atoms with van der Waals surface area (Å²) in [5.41, 5.74) is -0.424. The fraction of sp³-hybridized carbons (Fsp3) is 0.429. The van der Waals surface area contributed by atoms with Gasteiger partial charge in [0.15, 0.2) is 0 Å². The highest BCUT2D eigenvalue weighted by molar-refractivity contribution is 6.30. The van der Waals surface area contributed by atoms with Gasteiger partial charge in [-0.25, -0.2) is 0 Å². The van der Waals surface area contributed by atoms with Crippen molar-refractivity contribution in [1.82, 2.24) is 0 Å². The summed E-state index contributed by atoms with van der Waals surface area (Å²) in [6.07, 6.45) is 0.797. The Bertz CT molecular complexity index is 470. The van der Waals surface area contributed by atoms with Crippen molar-refractivity contribution >= 4 is 29.2 Å². The molecule has 0 radical (unpaired) electrons. The van der Waals surface area contributed by atoms with Gasteiger partial charge in [-0.2, -0.15) is 0 Å². The summed E-state index contributed by atoms with van der Waals surface area (Å²) in [6, 6.07) is 6.77. The van der Waals surface area contributed by atoms with Crippen LogP contribution < -0.4 is 5.32 Å². The molecule has 4 nitrogen and oxygen atoms in total. The third-order valence-electron chi connectivity index (χ3n) is 3.41. The van der Waals surface area contributed by atoms with Gasteiger partial charge in [0, 0.05) is 17.1 Å². The van der Waals surface area contributed by atoms with Gasteiger partial charge in [-0.05, 0) is 31.0 Å². The fourth-order valence-corrected chi connectivity index (χ4v) is 2.15. The number of carboxylic acid groups (broad SMARTS) is 1. The van der Waals surface area contributed by atoms with E-state index in [0.717, 1.165) is 0 Å². The van der Waals surface area contributed by atoms with Crippen LogP contribution in [0, 0.1) is 5.41 Å². The van der Waals surface area contributed by atoms with Crippen molar-refractivity contribution in [2.24, 2.45) is 5.41 Å². The van der Waals surface area contributed by atoms with Gasteiger partial charge in [0.1, 0.15) is 0 Å². The first-order valence-electron chi connectivity index (χ1n) is 6.22. The summed E-state index contributed by atoms with van der Waals surface area (Å²) in [5.74, 6) is -1.24. The van der Waals surface area contributed by atoms with Gasteiger partial charge in [-0.3, -0.25) is 9.59 Å². The van der Waals surface area contributed by atoms with Crippen LogP contribution in [-0.2, 0) is 9.59 Å². The van der Waals surface area contributed by atoms with Crippen molar-refractivity contribution in [3.63, 3.8) is 0 Å². The number of carbonyl (C=O) groups excluding carboxylic acids is 1. The van der Waals surface area contributed by atoms with E-state index in [1.54, 1.807) is 38.1 Å². The van der Waals surface area contributed by atoms with E-state index in [-0.39, 0.29) is 12.3 Å². The minimum Gasteiger partial charge on any atom is -0.481 e. The number of hydrogen-bond acceptors (Lipinski definition) is 2. The largest absolute Gasteiger partial charge is 0.481 e. The second kappa shape index (κ2) is 6.57. The summed E-state index contributed by atoms with van der Waals surface area (Å²) in [5, 5.41) is 12.5. The monoisotopic (exact) mass is 283 g/mol. The molecule has 0 aromatic heterocycles. The molecule has 0 saturated carbocycles. The number of nitrogens with one attached hydrogen (secondary N) is 1. The second-order valence-electron chi connectivity index (χ2n) is 4.53. The van der Waals surface area contributed by atoms with E-state index in [1.807, 2.05) is 0 Å². The van der Waals surface area contributed by atoms with Crippen LogP contribution >= 0.6 is 11.6 Å². The number of carboxylic acids is 1. The Kier molecular flexibility index (Phi) is 5.36. The topological polar surface area (TPSA) is 66.4 Å². The molecule has 1 aromatic rings. The quantitative estimate of drug-likeness (QED) is 0.839. The number of anilines is 1. The third kappa shape index (κ3) is 3.96. The molecule has 0 aliphatic heterocycles. The highest BCUT2D eigenvalue weighted by Gasteiger charge is 2.37. The molecule has 0 atom stereocenters. The Labute approximate surface area is 117 Å². The van der Waals surface area contributed by atoms with Gasteiger partial charge < -0.3 is 10.4 Å². The molecule has 0 aliphatic carbocycles. The van der Waals surface area contributed by atoms with E-state index >= 15 is 0 Å². The van der Waals surface area contributed by atoms with Gasteiger partial charge in [-0.15, -0.1) is 0 Å². The fourth-order valence-electron chi connectivity index (χ4n) is 1.96. The third-order valence-corrected chi connectivity index (χ3v) is 3.65. The minimum atomic E-state index is -0.997. The van der Waals surface area contributed by atoms with E-state index in [9.17, 15) is 14.7 Å². The van der Waals surface area contributed by atoms with Crippen LogP contribution in [-0.4, -0.2) is 17.0 Å². The first-order chi connectivity index (χ1) is 8.93. The number of aliphatic carboxylic acids is 1. The second-order valence-corrected chi connectivity index (χ2v) is 4.96. The number of hydrogen-bond donors (Lipinski definition) is 2. The highest BCUT2D eigenvalue weighted by Crippen LogP contribution is 2.31. The predicted octanol–water partition coefficient (Wildman–Crippen LogP) is 3.56. The standard InChI is InChI=1S/C14H18ClNO3/c1-3-14(4-2,13(18)19)9-12(17)16-11-7-5-6-10(15)8-11/h5-8H,3-4,9H2,1-2H3,(H,16,17)(H,18,19). The van der Waals surface area contributed by atoms with Crippen LogP contribution in [0.25, 0.3) is 0 Å². The van der Waals surface area contributed by atoms with Crippen LogP contribution in [0.5, 0.6) is 0 Å². The van der Waals surface area contributed by atoms with Crippen molar-refractivity contribution in [2.75, 3.05) is 5.32 Å². The Balaban J connectivity index is 2.76. The van der Waals surface area contributed by atoms with Crippen molar-refractivity contribution in [3.05, 3.63) is 29.3 Å². The van der Waals surface area contributed by atoms with Gasteiger partial charge in [-0.1, -0.05) is 31.5 Å². The van der Waals surface area contributed by atoms with Gasteiger partial charge in [0.05, 0.1) is 5.41 Å². The maximum absolute atomic E-state index is 11.9. The lowest BCUT2D eigenvalue weighted by atomic mass is 9.79. The number of benzene rings is 1. The lowest BCUT2D eigenvalue weighted by Crippen LogP contribution is -2.34. The zero-order valence-electron chi connectivity index (χ0n) is 11.1. The molecule has 1 rings (SSSR count). The number of amides is 1. The van der Waals surface area contributed by atoms with Crippen LogP contribution in [0.2, 0.25) is 5.02 Å². The SMILES string of the molecule is CCC(CC)(CC(=O)Nc1cccc(Cl)c1)C(=O)O. The van der Waals surface area contributed by atoms with Gasteiger partial charge in [0.2, 0.25) is 5.91 Å². The average molecular weight is 284 g/mol. The highest BCUT2D eigenvalue weighted by atomic mass is 35.5. The molecule has 1 aromatic carbocycles. The van der Waals surface area contributed by atoms with E-state index < -0.39 is 11.4 Å². The molecule has 104 valence electrons. The van der Waals surface area contributed by atoms with E-state index in [4.69, 9.17) is 11.6 Å². The summed E-state index contributed by atoms with van der Waals surface area (Å²) in [7, 11) is 0. The predicted molar refractivity (Wildman–Crippen MR) is 75.3 cm³/mol. The maximum Gasteiger partial charge on any atom is 0.310 e. The summed E-state index contributed by atoms with van der Waals surface area (Å²) in [4.78, 5) is 23.3. The zero-order chi connectivity index (χ0) is 14.5. The van der Waals surface area contributed by atoms with Crippen LogP contribution in [0.4, 0.5) is 5.69 Å². The average Bonchev–Trinajstić information content (AvgIpc) is 2.35. The molecular weight excluding hydrogens is 266 g/mol. The zero-order valence-corrected chi connectivity index (χ0v) is 11.8.